The molecule has 0 amide bonds. The van der Waals surface area contributed by atoms with E-state index >= 15 is 0 Å². The fraction of sp³-hybridized carbons (Fsp3) is 0.0435. The third-order valence-electron chi connectivity index (χ3n) is 4.35. The lowest BCUT2D eigenvalue weighted by molar-refractivity contribution is 0.415. The number of thiophene rings is 1. The van der Waals surface area contributed by atoms with Gasteiger partial charge >= 0.3 is 0 Å². The van der Waals surface area contributed by atoms with Crippen molar-refractivity contribution in [2.24, 2.45) is 0 Å². The number of pyridine rings is 1. The molecule has 0 spiro atoms. The highest BCUT2D eigenvalue weighted by Crippen LogP contribution is 2.36. The van der Waals surface area contributed by atoms with Crippen LogP contribution in [0.25, 0.3) is 33.0 Å². The van der Waals surface area contributed by atoms with E-state index in [4.69, 9.17) is 9.72 Å². The second-order valence-electron chi connectivity index (χ2n) is 5.96. The molecule has 0 aliphatic rings. The van der Waals surface area contributed by atoms with Crippen LogP contribution >= 0.6 is 11.3 Å². The Bertz CT molecular complexity index is 1100. The van der Waals surface area contributed by atoms with Crippen LogP contribution in [0.3, 0.4) is 0 Å². The number of nitriles is 1. The fourth-order valence-electron chi connectivity index (χ4n) is 3.01. The van der Waals surface area contributed by atoms with Gasteiger partial charge in [0.15, 0.2) is 0 Å². The average molecular weight is 368 g/mol. The largest absolute Gasteiger partial charge is 0.497 e. The lowest BCUT2D eigenvalue weighted by Gasteiger charge is -2.12. The standard InChI is InChI=1S/C23H16N2OS/c1-26-18-11-9-17(10-12-18)23-20(15-24)19(16-6-3-2-4-7-16)14-21(25-23)22-8-5-13-27-22/h2-14H,1H3. The summed E-state index contributed by atoms with van der Waals surface area (Å²) in [6.07, 6.45) is 0. The van der Waals surface area contributed by atoms with Crippen LogP contribution in [0, 0.1) is 11.3 Å². The maximum absolute atomic E-state index is 9.93. The van der Waals surface area contributed by atoms with E-state index in [0.717, 1.165) is 33.0 Å². The van der Waals surface area contributed by atoms with E-state index in [1.54, 1.807) is 18.4 Å². The molecule has 0 N–H and O–H groups in total. The zero-order valence-electron chi connectivity index (χ0n) is 14.7. The minimum atomic E-state index is 0.576. The monoisotopic (exact) mass is 368 g/mol. The Morgan fingerprint density at radius 1 is 0.926 bits per heavy atom. The molecular weight excluding hydrogens is 352 g/mol. The first-order chi connectivity index (χ1) is 13.3. The van der Waals surface area contributed by atoms with Crippen molar-refractivity contribution in [3.63, 3.8) is 0 Å². The van der Waals surface area contributed by atoms with Gasteiger partial charge in [0.2, 0.25) is 0 Å². The number of aromatic nitrogens is 1. The van der Waals surface area contributed by atoms with Crippen molar-refractivity contribution in [3.8, 4) is 44.8 Å². The van der Waals surface area contributed by atoms with Crippen molar-refractivity contribution in [3.05, 3.63) is 83.7 Å². The number of hydrogen-bond donors (Lipinski definition) is 0. The molecule has 2 aromatic heterocycles. The summed E-state index contributed by atoms with van der Waals surface area (Å²) >= 11 is 1.64. The Balaban J connectivity index is 1.98. The molecule has 0 radical (unpaired) electrons. The van der Waals surface area contributed by atoms with Gasteiger partial charge < -0.3 is 4.74 Å². The molecule has 4 heteroatoms. The Morgan fingerprint density at radius 3 is 2.33 bits per heavy atom. The summed E-state index contributed by atoms with van der Waals surface area (Å²) in [6.45, 7) is 0. The summed E-state index contributed by atoms with van der Waals surface area (Å²) in [5, 5.41) is 12.0. The van der Waals surface area contributed by atoms with Gasteiger partial charge in [-0.05, 0) is 47.3 Å². The molecule has 0 atom stereocenters. The first-order valence-corrected chi connectivity index (χ1v) is 9.37. The molecule has 27 heavy (non-hydrogen) atoms. The zero-order valence-corrected chi connectivity index (χ0v) is 15.5. The highest BCUT2D eigenvalue weighted by Gasteiger charge is 2.17. The Kier molecular flexibility index (Phi) is 4.69. The van der Waals surface area contributed by atoms with Crippen LogP contribution in [0.15, 0.2) is 78.2 Å². The SMILES string of the molecule is COc1ccc(-c2nc(-c3cccs3)cc(-c3ccccc3)c2C#N)cc1. The number of hydrogen-bond acceptors (Lipinski definition) is 4. The van der Waals surface area contributed by atoms with E-state index in [2.05, 4.69) is 6.07 Å². The maximum Gasteiger partial charge on any atom is 0.118 e. The third kappa shape index (κ3) is 3.33. The molecule has 0 bridgehead atoms. The van der Waals surface area contributed by atoms with Gasteiger partial charge in [-0.3, -0.25) is 0 Å². The quantitative estimate of drug-likeness (QED) is 0.442. The first-order valence-electron chi connectivity index (χ1n) is 8.49. The fourth-order valence-corrected chi connectivity index (χ4v) is 3.70. The zero-order chi connectivity index (χ0) is 18.6. The minimum absolute atomic E-state index is 0.576. The Hall–Kier alpha value is -3.42. The van der Waals surface area contributed by atoms with E-state index in [9.17, 15) is 5.26 Å². The van der Waals surface area contributed by atoms with Crippen LogP contribution in [0.1, 0.15) is 5.56 Å². The summed E-state index contributed by atoms with van der Waals surface area (Å²) in [5.41, 5.74) is 4.92. The van der Waals surface area contributed by atoms with Crippen LogP contribution in [0.5, 0.6) is 5.75 Å². The van der Waals surface area contributed by atoms with Crippen LogP contribution in [0.2, 0.25) is 0 Å². The predicted octanol–water partition coefficient (Wildman–Crippen LogP) is 6.02. The van der Waals surface area contributed by atoms with Gasteiger partial charge in [-0.15, -0.1) is 11.3 Å². The van der Waals surface area contributed by atoms with Gasteiger partial charge in [-0.1, -0.05) is 36.4 Å². The molecule has 4 rings (SSSR count). The second kappa shape index (κ2) is 7.45. The molecule has 3 nitrogen and oxygen atoms in total. The van der Waals surface area contributed by atoms with Crippen molar-refractivity contribution < 1.29 is 4.74 Å². The molecule has 0 aliphatic carbocycles. The van der Waals surface area contributed by atoms with Crippen LogP contribution in [-0.4, -0.2) is 12.1 Å². The van der Waals surface area contributed by atoms with Gasteiger partial charge in [-0.2, -0.15) is 5.26 Å². The summed E-state index contributed by atoms with van der Waals surface area (Å²) in [4.78, 5) is 5.92. The molecule has 0 aliphatic heterocycles. The molecule has 0 fully saturated rings. The Morgan fingerprint density at radius 2 is 1.70 bits per heavy atom. The number of ether oxygens (including phenoxy) is 1. The van der Waals surface area contributed by atoms with Crippen molar-refractivity contribution in [2.75, 3.05) is 7.11 Å². The maximum atomic E-state index is 9.93. The molecule has 2 heterocycles. The second-order valence-corrected chi connectivity index (χ2v) is 6.91. The van der Waals surface area contributed by atoms with E-state index in [0.29, 0.717) is 11.3 Å². The number of benzene rings is 2. The smallest absolute Gasteiger partial charge is 0.118 e. The van der Waals surface area contributed by atoms with E-state index < -0.39 is 0 Å². The van der Waals surface area contributed by atoms with E-state index in [1.165, 1.54) is 0 Å². The van der Waals surface area contributed by atoms with Gasteiger partial charge in [0.1, 0.15) is 11.8 Å². The lowest BCUT2D eigenvalue weighted by Crippen LogP contribution is -1.96. The van der Waals surface area contributed by atoms with E-state index in [-0.39, 0.29) is 0 Å². The van der Waals surface area contributed by atoms with Crippen molar-refractivity contribution in [2.45, 2.75) is 0 Å². The van der Waals surface area contributed by atoms with Crippen LogP contribution < -0.4 is 4.74 Å². The van der Waals surface area contributed by atoms with Crippen molar-refractivity contribution >= 4 is 11.3 Å². The molecule has 4 aromatic rings. The molecule has 0 saturated heterocycles. The van der Waals surface area contributed by atoms with E-state index in [1.807, 2.05) is 78.2 Å². The molecule has 0 saturated carbocycles. The molecular formula is C23H16N2OS. The predicted molar refractivity (Wildman–Crippen MR) is 110 cm³/mol. The van der Waals surface area contributed by atoms with Gasteiger partial charge in [0, 0.05) is 11.1 Å². The molecule has 0 unspecified atom stereocenters. The van der Waals surface area contributed by atoms with Crippen molar-refractivity contribution in [1.29, 1.82) is 5.26 Å². The van der Waals surface area contributed by atoms with Gasteiger partial charge in [0.25, 0.3) is 0 Å². The molecule has 2 aromatic carbocycles. The average Bonchev–Trinajstić information content (AvgIpc) is 3.28. The summed E-state index contributed by atoms with van der Waals surface area (Å²) in [5.74, 6) is 0.773. The number of rotatable bonds is 4. The van der Waals surface area contributed by atoms with Gasteiger partial charge in [-0.25, -0.2) is 4.98 Å². The topological polar surface area (TPSA) is 45.9 Å². The highest BCUT2D eigenvalue weighted by molar-refractivity contribution is 7.13. The third-order valence-corrected chi connectivity index (χ3v) is 5.25. The lowest BCUT2D eigenvalue weighted by atomic mass is 9.95. The minimum Gasteiger partial charge on any atom is -0.497 e. The van der Waals surface area contributed by atoms with Crippen LogP contribution in [0.4, 0.5) is 0 Å². The summed E-state index contributed by atoms with van der Waals surface area (Å²) < 4.78 is 5.25. The number of nitrogens with zero attached hydrogens (tertiary/aromatic N) is 2. The Labute approximate surface area is 162 Å². The van der Waals surface area contributed by atoms with Crippen LogP contribution in [-0.2, 0) is 0 Å². The summed E-state index contributed by atoms with van der Waals surface area (Å²) in [7, 11) is 1.64. The normalized spacial score (nSPS) is 10.4. The van der Waals surface area contributed by atoms with Crippen molar-refractivity contribution in [1.82, 2.24) is 4.98 Å². The highest BCUT2D eigenvalue weighted by atomic mass is 32.1. The molecule has 130 valence electrons. The number of methoxy groups -OCH3 is 1. The summed E-state index contributed by atoms with van der Waals surface area (Å²) in [6, 6.07) is 26.1. The first kappa shape index (κ1) is 17.0. The van der Waals surface area contributed by atoms with Gasteiger partial charge in [0.05, 0.1) is 28.9 Å².